The summed E-state index contributed by atoms with van der Waals surface area (Å²) in [6, 6.07) is 1.68. The highest BCUT2D eigenvalue weighted by Crippen LogP contribution is 2.25. The quantitative estimate of drug-likeness (QED) is 0.866. The highest BCUT2D eigenvalue weighted by Gasteiger charge is 2.23. The normalized spacial score (nSPS) is 13.5. The molecule has 0 atom stereocenters. The van der Waals surface area contributed by atoms with E-state index in [1.54, 1.807) is 0 Å². The lowest BCUT2D eigenvalue weighted by Gasteiger charge is -2.16. The Morgan fingerprint density at radius 2 is 2.10 bits per heavy atom. The largest absolute Gasteiger partial charge is 0.477 e. The van der Waals surface area contributed by atoms with Crippen LogP contribution >= 0.6 is 0 Å². The smallest absolute Gasteiger partial charge is 0.262 e. The van der Waals surface area contributed by atoms with Gasteiger partial charge < -0.3 is 10.1 Å². The van der Waals surface area contributed by atoms with E-state index >= 15 is 0 Å². The van der Waals surface area contributed by atoms with Gasteiger partial charge in [-0.25, -0.2) is 17.9 Å². The molecular formula is C13H10F3N3O2. The van der Waals surface area contributed by atoms with Gasteiger partial charge in [0.05, 0.1) is 18.5 Å². The fourth-order valence-electron chi connectivity index (χ4n) is 2.04. The lowest BCUT2D eigenvalue weighted by molar-refractivity contribution is 0.102. The van der Waals surface area contributed by atoms with Crippen molar-refractivity contribution in [3.05, 3.63) is 41.3 Å². The second kappa shape index (κ2) is 5.12. The zero-order valence-electron chi connectivity index (χ0n) is 10.7. The molecule has 8 heteroatoms. The van der Waals surface area contributed by atoms with Crippen LogP contribution in [0.1, 0.15) is 16.8 Å². The highest BCUT2D eigenvalue weighted by molar-refractivity contribution is 6.05. The molecule has 110 valence electrons. The summed E-state index contributed by atoms with van der Waals surface area (Å²) >= 11 is 0. The number of nitrogens with zero attached hydrogens (tertiary/aromatic N) is 2. The number of aryl methyl sites for hydroxylation is 1. The van der Waals surface area contributed by atoms with Crippen molar-refractivity contribution in [1.82, 2.24) is 9.78 Å². The van der Waals surface area contributed by atoms with E-state index < -0.39 is 29.0 Å². The van der Waals surface area contributed by atoms with Gasteiger partial charge in [-0.3, -0.25) is 4.79 Å². The number of hydrogen-bond donors (Lipinski definition) is 1. The number of nitrogens with one attached hydrogen (secondary N) is 1. The van der Waals surface area contributed by atoms with Crippen LogP contribution in [0.15, 0.2) is 18.3 Å². The predicted octanol–water partition coefficient (Wildman–Crippen LogP) is 2.34. The van der Waals surface area contributed by atoms with Crippen molar-refractivity contribution in [2.45, 2.75) is 13.0 Å². The third-order valence-corrected chi connectivity index (χ3v) is 3.07. The Bertz CT molecular complexity index is 715. The van der Waals surface area contributed by atoms with Gasteiger partial charge >= 0.3 is 0 Å². The molecule has 21 heavy (non-hydrogen) atoms. The minimum Gasteiger partial charge on any atom is -0.477 e. The van der Waals surface area contributed by atoms with Gasteiger partial charge in [0.2, 0.25) is 5.88 Å². The van der Waals surface area contributed by atoms with Crippen LogP contribution < -0.4 is 10.1 Å². The number of fused-ring (bicyclic) bond motifs is 1. The lowest BCUT2D eigenvalue weighted by atomic mass is 10.2. The molecule has 1 amide bonds. The van der Waals surface area contributed by atoms with Crippen molar-refractivity contribution in [2.75, 3.05) is 11.9 Å². The standard InChI is InChI=1S/C13H10F3N3O2/c14-8-2-3-9(11(16)10(8)15)18-12(20)7-6-17-19-4-1-5-21-13(7)19/h2-3,6H,1,4-5H2,(H,18,20). The zero-order valence-corrected chi connectivity index (χ0v) is 10.7. The minimum atomic E-state index is -1.64. The van der Waals surface area contributed by atoms with Crippen molar-refractivity contribution in [1.29, 1.82) is 0 Å². The van der Waals surface area contributed by atoms with Gasteiger partial charge in [0.25, 0.3) is 5.91 Å². The first-order chi connectivity index (χ1) is 10.1. The number of ether oxygens (including phenoxy) is 1. The van der Waals surface area contributed by atoms with Crippen molar-refractivity contribution >= 4 is 11.6 Å². The number of carbonyl (C=O) groups excluding carboxylic acids is 1. The van der Waals surface area contributed by atoms with Crippen LogP contribution in [0, 0.1) is 17.5 Å². The SMILES string of the molecule is O=C(Nc1ccc(F)c(F)c1F)c1cnn2c1OCCC2. The van der Waals surface area contributed by atoms with Gasteiger partial charge in [-0.15, -0.1) is 0 Å². The highest BCUT2D eigenvalue weighted by atomic mass is 19.2. The molecule has 1 N–H and O–H groups in total. The molecule has 0 saturated heterocycles. The molecule has 0 aliphatic carbocycles. The fourth-order valence-corrected chi connectivity index (χ4v) is 2.04. The molecule has 0 saturated carbocycles. The number of amides is 1. The summed E-state index contributed by atoms with van der Waals surface area (Å²) in [7, 11) is 0. The Hall–Kier alpha value is -2.51. The molecule has 5 nitrogen and oxygen atoms in total. The van der Waals surface area contributed by atoms with E-state index in [0.717, 1.165) is 18.6 Å². The molecule has 0 unspecified atom stereocenters. The summed E-state index contributed by atoms with van der Waals surface area (Å²) in [5.74, 6) is -4.84. The van der Waals surface area contributed by atoms with Gasteiger partial charge in [-0.2, -0.15) is 5.10 Å². The van der Waals surface area contributed by atoms with E-state index in [-0.39, 0.29) is 11.4 Å². The Morgan fingerprint density at radius 1 is 1.29 bits per heavy atom. The Morgan fingerprint density at radius 3 is 2.90 bits per heavy atom. The number of halogens is 3. The first kappa shape index (κ1) is 13.5. The molecule has 2 aromatic rings. The van der Waals surface area contributed by atoms with Crippen molar-refractivity contribution in [3.63, 3.8) is 0 Å². The van der Waals surface area contributed by atoms with Crippen LogP contribution in [0.4, 0.5) is 18.9 Å². The molecule has 1 aliphatic rings. The Labute approximate surface area is 117 Å². The number of rotatable bonds is 2. The van der Waals surface area contributed by atoms with E-state index in [2.05, 4.69) is 10.4 Å². The number of anilines is 1. The maximum atomic E-state index is 13.5. The number of hydrogen-bond acceptors (Lipinski definition) is 3. The van der Waals surface area contributed by atoms with Crippen molar-refractivity contribution in [3.8, 4) is 5.88 Å². The van der Waals surface area contributed by atoms with Crippen molar-refractivity contribution in [2.24, 2.45) is 0 Å². The van der Waals surface area contributed by atoms with Gasteiger partial charge in [0, 0.05) is 13.0 Å². The third-order valence-electron chi connectivity index (χ3n) is 3.07. The molecule has 3 rings (SSSR count). The van der Waals surface area contributed by atoms with Gasteiger partial charge in [-0.05, 0) is 12.1 Å². The van der Waals surface area contributed by atoms with Crippen LogP contribution in [0.2, 0.25) is 0 Å². The summed E-state index contributed by atoms with van der Waals surface area (Å²) in [5.41, 5.74) is -0.339. The van der Waals surface area contributed by atoms with Crippen LogP contribution in [0.5, 0.6) is 5.88 Å². The number of carbonyl (C=O) groups is 1. The average Bonchev–Trinajstić information content (AvgIpc) is 2.92. The first-order valence-corrected chi connectivity index (χ1v) is 6.21. The molecule has 0 fully saturated rings. The molecular weight excluding hydrogens is 287 g/mol. The summed E-state index contributed by atoms with van der Waals surface area (Å²) in [5, 5.41) is 6.15. The van der Waals surface area contributed by atoms with Gasteiger partial charge in [0.15, 0.2) is 17.5 Å². The Balaban J connectivity index is 1.87. The van der Waals surface area contributed by atoms with Gasteiger partial charge in [0.1, 0.15) is 5.56 Å². The third kappa shape index (κ3) is 2.32. The summed E-state index contributed by atoms with van der Waals surface area (Å²) in [4.78, 5) is 12.1. The summed E-state index contributed by atoms with van der Waals surface area (Å²) < 4.78 is 46.3. The summed E-state index contributed by atoms with van der Waals surface area (Å²) in [6.07, 6.45) is 2.06. The van der Waals surface area contributed by atoms with Gasteiger partial charge in [-0.1, -0.05) is 0 Å². The monoisotopic (exact) mass is 297 g/mol. The topological polar surface area (TPSA) is 56.2 Å². The fraction of sp³-hybridized carbons (Fsp3) is 0.231. The summed E-state index contributed by atoms with van der Waals surface area (Å²) in [6.45, 7) is 1.06. The van der Waals surface area contributed by atoms with E-state index in [0.29, 0.717) is 13.2 Å². The minimum absolute atomic E-state index is 0.110. The number of benzene rings is 1. The number of aromatic nitrogens is 2. The van der Waals surface area contributed by atoms with E-state index in [4.69, 9.17) is 4.74 Å². The molecule has 1 aliphatic heterocycles. The molecule has 2 heterocycles. The van der Waals surface area contributed by atoms with E-state index in [1.807, 2.05) is 0 Å². The van der Waals surface area contributed by atoms with Crippen molar-refractivity contribution < 1.29 is 22.7 Å². The lowest BCUT2D eigenvalue weighted by Crippen LogP contribution is -2.19. The molecule has 1 aromatic carbocycles. The Kier molecular flexibility index (Phi) is 3.28. The maximum absolute atomic E-state index is 13.5. The van der Waals surface area contributed by atoms with Crippen LogP contribution in [0.25, 0.3) is 0 Å². The molecule has 0 radical (unpaired) electrons. The van der Waals surface area contributed by atoms with Crippen LogP contribution in [0.3, 0.4) is 0 Å². The predicted molar refractivity (Wildman–Crippen MR) is 66.6 cm³/mol. The molecule has 0 bridgehead atoms. The second-order valence-electron chi connectivity index (χ2n) is 4.47. The second-order valence-corrected chi connectivity index (χ2v) is 4.47. The van der Waals surface area contributed by atoms with Crippen LogP contribution in [-0.2, 0) is 6.54 Å². The molecule has 0 spiro atoms. The van der Waals surface area contributed by atoms with E-state index in [9.17, 15) is 18.0 Å². The van der Waals surface area contributed by atoms with E-state index in [1.165, 1.54) is 10.9 Å². The first-order valence-electron chi connectivity index (χ1n) is 6.21. The average molecular weight is 297 g/mol. The zero-order chi connectivity index (χ0) is 15.0. The molecule has 1 aromatic heterocycles. The maximum Gasteiger partial charge on any atom is 0.262 e. The van der Waals surface area contributed by atoms with Crippen LogP contribution in [-0.4, -0.2) is 22.3 Å².